The van der Waals surface area contributed by atoms with Crippen LogP contribution in [0.25, 0.3) is 0 Å². The summed E-state index contributed by atoms with van der Waals surface area (Å²) in [5.74, 6) is -1.40. The monoisotopic (exact) mass is 287 g/mol. The molecule has 0 amide bonds. The standard InChI is InChI=1S/C13H19F2N3O2/c1-3-16-11-9(14)6-10(15)12(18-11)17-7-13(19-2)4-5-20-8-13/h6H,3-5,7-8H2,1-2H3,(H2,16,17,18). The summed E-state index contributed by atoms with van der Waals surface area (Å²) >= 11 is 0. The molecule has 0 aromatic carbocycles. The second-order valence-corrected chi connectivity index (χ2v) is 4.72. The number of halogens is 2. The van der Waals surface area contributed by atoms with Gasteiger partial charge in [-0.1, -0.05) is 0 Å². The second-order valence-electron chi connectivity index (χ2n) is 4.72. The zero-order chi connectivity index (χ0) is 14.6. The molecule has 2 heterocycles. The van der Waals surface area contributed by atoms with Crippen LogP contribution in [0, 0.1) is 11.6 Å². The Bertz CT molecular complexity index is 465. The van der Waals surface area contributed by atoms with Crippen LogP contribution in [0.2, 0.25) is 0 Å². The summed E-state index contributed by atoms with van der Waals surface area (Å²) < 4.78 is 37.9. The van der Waals surface area contributed by atoms with Crippen molar-refractivity contribution in [2.45, 2.75) is 18.9 Å². The number of hydrogen-bond donors (Lipinski definition) is 2. The molecular formula is C13H19F2N3O2. The van der Waals surface area contributed by atoms with Crippen molar-refractivity contribution in [3.8, 4) is 0 Å². The number of nitrogens with zero attached hydrogens (tertiary/aromatic N) is 1. The van der Waals surface area contributed by atoms with E-state index < -0.39 is 17.2 Å². The highest BCUT2D eigenvalue weighted by molar-refractivity contribution is 5.47. The van der Waals surface area contributed by atoms with Crippen molar-refractivity contribution in [3.63, 3.8) is 0 Å². The summed E-state index contributed by atoms with van der Waals surface area (Å²) in [5, 5.41) is 5.62. The Morgan fingerprint density at radius 1 is 1.35 bits per heavy atom. The molecule has 20 heavy (non-hydrogen) atoms. The number of anilines is 2. The molecule has 0 aliphatic carbocycles. The topological polar surface area (TPSA) is 55.4 Å². The van der Waals surface area contributed by atoms with Gasteiger partial charge in [0.15, 0.2) is 23.3 Å². The van der Waals surface area contributed by atoms with E-state index in [1.807, 2.05) is 6.92 Å². The Kier molecular flexibility index (Phi) is 4.72. The highest BCUT2D eigenvalue weighted by atomic mass is 19.1. The Morgan fingerprint density at radius 2 is 2.05 bits per heavy atom. The molecule has 1 aliphatic rings. The molecule has 0 spiro atoms. The average Bonchev–Trinajstić information content (AvgIpc) is 2.90. The zero-order valence-corrected chi connectivity index (χ0v) is 11.6. The fourth-order valence-corrected chi connectivity index (χ4v) is 2.09. The van der Waals surface area contributed by atoms with Gasteiger partial charge >= 0.3 is 0 Å². The highest BCUT2D eigenvalue weighted by Gasteiger charge is 2.35. The van der Waals surface area contributed by atoms with Crippen molar-refractivity contribution in [2.75, 3.05) is 44.0 Å². The molecule has 5 nitrogen and oxygen atoms in total. The van der Waals surface area contributed by atoms with Crippen LogP contribution in [-0.2, 0) is 9.47 Å². The van der Waals surface area contributed by atoms with Gasteiger partial charge in [0.25, 0.3) is 0 Å². The zero-order valence-electron chi connectivity index (χ0n) is 11.6. The number of hydrogen-bond acceptors (Lipinski definition) is 5. The molecule has 2 N–H and O–H groups in total. The third kappa shape index (κ3) is 3.16. The van der Waals surface area contributed by atoms with Gasteiger partial charge in [-0.25, -0.2) is 13.8 Å². The minimum absolute atomic E-state index is 0.00525. The van der Waals surface area contributed by atoms with Crippen LogP contribution >= 0.6 is 0 Å². The van der Waals surface area contributed by atoms with Gasteiger partial charge in [-0.3, -0.25) is 0 Å². The second kappa shape index (κ2) is 6.32. The van der Waals surface area contributed by atoms with E-state index in [2.05, 4.69) is 15.6 Å². The third-order valence-electron chi connectivity index (χ3n) is 3.35. The molecule has 7 heteroatoms. The molecule has 1 fully saturated rings. The molecule has 112 valence electrons. The first kappa shape index (κ1) is 14.9. The lowest BCUT2D eigenvalue weighted by Gasteiger charge is -2.26. The lowest BCUT2D eigenvalue weighted by molar-refractivity contribution is -0.00629. The van der Waals surface area contributed by atoms with Crippen LogP contribution in [0.1, 0.15) is 13.3 Å². The van der Waals surface area contributed by atoms with Gasteiger partial charge in [0.2, 0.25) is 0 Å². The van der Waals surface area contributed by atoms with E-state index in [-0.39, 0.29) is 11.6 Å². The lowest BCUT2D eigenvalue weighted by atomic mass is 10.0. The van der Waals surface area contributed by atoms with E-state index in [0.717, 1.165) is 12.5 Å². The van der Waals surface area contributed by atoms with E-state index >= 15 is 0 Å². The molecule has 0 saturated carbocycles. The summed E-state index contributed by atoms with van der Waals surface area (Å²) in [6, 6.07) is 0.817. The summed E-state index contributed by atoms with van der Waals surface area (Å²) in [6.07, 6.45) is 0.722. The van der Waals surface area contributed by atoms with Crippen molar-refractivity contribution < 1.29 is 18.3 Å². The van der Waals surface area contributed by atoms with Gasteiger partial charge in [-0.05, 0) is 6.92 Å². The first-order chi connectivity index (χ1) is 9.60. The van der Waals surface area contributed by atoms with E-state index in [9.17, 15) is 8.78 Å². The molecule has 1 aliphatic heterocycles. The summed E-state index contributed by atoms with van der Waals surface area (Å²) in [7, 11) is 1.59. The number of pyridine rings is 1. The molecule has 0 radical (unpaired) electrons. The number of nitrogens with one attached hydrogen (secondary N) is 2. The van der Waals surface area contributed by atoms with Crippen molar-refractivity contribution in [1.82, 2.24) is 4.98 Å². The van der Waals surface area contributed by atoms with Crippen molar-refractivity contribution in [2.24, 2.45) is 0 Å². The molecule has 1 atom stereocenters. The summed E-state index contributed by atoms with van der Waals surface area (Å²) in [5.41, 5.74) is -0.485. The maximum atomic E-state index is 13.7. The van der Waals surface area contributed by atoms with Crippen LogP contribution < -0.4 is 10.6 Å². The predicted octanol–water partition coefficient (Wildman–Crippen LogP) is 2.01. The van der Waals surface area contributed by atoms with Crippen molar-refractivity contribution >= 4 is 11.6 Å². The molecule has 1 saturated heterocycles. The van der Waals surface area contributed by atoms with Crippen LogP contribution in [-0.4, -0.2) is 44.0 Å². The average molecular weight is 287 g/mol. The molecular weight excluding hydrogens is 268 g/mol. The Morgan fingerprint density at radius 3 is 2.60 bits per heavy atom. The van der Waals surface area contributed by atoms with Gasteiger partial charge in [0, 0.05) is 39.3 Å². The quantitative estimate of drug-likeness (QED) is 0.838. The summed E-state index contributed by atoms with van der Waals surface area (Å²) in [4.78, 5) is 3.92. The Labute approximate surface area is 116 Å². The molecule has 2 rings (SSSR count). The normalized spacial score (nSPS) is 22.0. The van der Waals surface area contributed by atoms with E-state index in [1.165, 1.54) is 0 Å². The van der Waals surface area contributed by atoms with E-state index in [4.69, 9.17) is 9.47 Å². The first-order valence-electron chi connectivity index (χ1n) is 6.57. The molecule has 1 aromatic rings. The Hall–Kier alpha value is -1.47. The minimum atomic E-state index is -0.727. The van der Waals surface area contributed by atoms with Gasteiger partial charge < -0.3 is 20.1 Å². The maximum Gasteiger partial charge on any atom is 0.168 e. The summed E-state index contributed by atoms with van der Waals surface area (Å²) in [6.45, 7) is 3.72. The number of rotatable bonds is 6. The first-order valence-corrected chi connectivity index (χ1v) is 6.57. The lowest BCUT2D eigenvalue weighted by Crippen LogP contribution is -2.40. The van der Waals surface area contributed by atoms with Crippen LogP contribution in [0.4, 0.5) is 20.4 Å². The number of methoxy groups -OCH3 is 1. The Balaban J connectivity index is 2.10. The SMILES string of the molecule is CCNc1nc(NCC2(OC)CCOC2)c(F)cc1F. The van der Waals surface area contributed by atoms with Gasteiger partial charge in [-0.15, -0.1) is 0 Å². The number of aromatic nitrogens is 1. The van der Waals surface area contributed by atoms with Crippen LogP contribution in [0.3, 0.4) is 0 Å². The highest BCUT2D eigenvalue weighted by Crippen LogP contribution is 2.24. The maximum absolute atomic E-state index is 13.7. The molecule has 1 aromatic heterocycles. The molecule has 0 bridgehead atoms. The fourth-order valence-electron chi connectivity index (χ4n) is 2.09. The van der Waals surface area contributed by atoms with Gasteiger partial charge in [-0.2, -0.15) is 0 Å². The van der Waals surface area contributed by atoms with E-state index in [1.54, 1.807) is 7.11 Å². The number of ether oxygens (including phenoxy) is 2. The van der Waals surface area contributed by atoms with E-state index in [0.29, 0.717) is 26.3 Å². The van der Waals surface area contributed by atoms with Gasteiger partial charge in [0.05, 0.1) is 6.61 Å². The predicted molar refractivity (Wildman–Crippen MR) is 72.0 cm³/mol. The van der Waals surface area contributed by atoms with Crippen molar-refractivity contribution in [3.05, 3.63) is 17.7 Å². The smallest absolute Gasteiger partial charge is 0.168 e. The van der Waals surface area contributed by atoms with Crippen LogP contribution in [0.15, 0.2) is 6.07 Å². The van der Waals surface area contributed by atoms with Crippen LogP contribution in [0.5, 0.6) is 0 Å². The third-order valence-corrected chi connectivity index (χ3v) is 3.35. The molecule has 1 unspecified atom stereocenters. The largest absolute Gasteiger partial charge is 0.378 e. The fraction of sp³-hybridized carbons (Fsp3) is 0.615. The minimum Gasteiger partial charge on any atom is -0.378 e. The van der Waals surface area contributed by atoms with Crippen molar-refractivity contribution in [1.29, 1.82) is 0 Å². The van der Waals surface area contributed by atoms with Gasteiger partial charge in [0.1, 0.15) is 5.60 Å².